The second-order valence-electron chi connectivity index (χ2n) is 5.10. The molecule has 1 heterocycles. The first-order valence-electron chi connectivity index (χ1n) is 6.84. The van der Waals surface area contributed by atoms with Crippen molar-refractivity contribution in [3.05, 3.63) is 0 Å². The zero-order valence-corrected chi connectivity index (χ0v) is 10.9. The number of carbonyl (C=O) groups is 1. The molecule has 1 N–H and O–H groups in total. The number of nitrogens with one attached hydrogen (secondary N) is 1. The SMILES string of the molecule is CCCNC1CCN(C2CCCC2OC)C1=O. The van der Waals surface area contributed by atoms with Crippen molar-refractivity contribution in [3.63, 3.8) is 0 Å². The summed E-state index contributed by atoms with van der Waals surface area (Å²) in [5.41, 5.74) is 0. The van der Waals surface area contributed by atoms with Gasteiger partial charge in [0.25, 0.3) is 0 Å². The van der Waals surface area contributed by atoms with Gasteiger partial charge >= 0.3 is 0 Å². The van der Waals surface area contributed by atoms with Crippen LogP contribution in [0.15, 0.2) is 0 Å². The molecule has 1 saturated heterocycles. The highest BCUT2D eigenvalue weighted by atomic mass is 16.5. The second-order valence-corrected chi connectivity index (χ2v) is 5.10. The molecule has 2 aliphatic rings. The van der Waals surface area contributed by atoms with Crippen LogP contribution >= 0.6 is 0 Å². The number of hydrogen-bond donors (Lipinski definition) is 1. The highest BCUT2D eigenvalue weighted by molar-refractivity contribution is 5.84. The van der Waals surface area contributed by atoms with Crippen LogP contribution in [0.25, 0.3) is 0 Å². The zero-order valence-electron chi connectivity index (χ0n) is 10.9. The fourth-order valence-corrected chi connectivity index (χ4v) is 3.08. The van der Waals surface area contributed by atoms with Gasteiger partial charge in [-0.15, -0.1) is 0 Å². The third kappa shape index (κ3) is 2.63. The van der Waals surface area contributed by atoms with Crippen LogP contribution in [0, 0.1) is 0 Å². The van der Waals surface area contributed by atoms with E-state index in [4.69, 9.17) is 4.74 Å². The molecule has 0 aromatic carbocycles. The monoisotopic (exact) mass is 240 g/mol. The second kappa shape index (κ2) is 5.83. The molecule has 0 aromatic rings. The first kappa shape index (κ1) is 12.8. The first-order valence-corrected chi connectivity index (χ1v) is 6.84. The Morgan fingerprint density at radius 1 is 1.41 bits per heavy atom. The van der Waals surface area contributed by atoms with Gasteiger partial charge in [0, 0.05) is 13.7 Å². The fraction of sp³-hybridized carbons (Fsp3) is 0.923. The lowest BCUT2D eigenvalue weighted by molar-refractivity contribution is -0.133. The van der Waals surface area contributed by atoms with E-state index < -0.39 is 0 Å². The number of methoxy groups -OCH3 is 1. The van der Waals surface area contributed by atoms with E-state index in [2.05, 4.69) is 17.1 Å². The Morgan fingerprint density at radius 3 is 2.94 bits per heavy atom. The predicted molar refractivity (Wildman–Crippen MR) is 66.8 cm³/mol. The molecule has 1 amide bonds. The number of carbonyl (C=O) groups excluding carboxylic acids is 1. The first-order chi connectivity index (χ1) is 8.27. The number of nitrogens with zero attached hydrogens (tertiary/aromatic N) is 1. The minimum absolute atomic E-state index is 0.0491. The molecule has 4 heteroatoms. The van der Waals surface area contributed by atoms with Crippen molar-refractivity contribution in [3.8, 4) is 0 Å². The van der Waals surface area contributed by atoms with Crippen molar-refractivity contribution >= 4 is 5.91 Å². The van der Waals surface area contributed by atoms with E-state index in [-0.39, 0.29) is 18.1 Å². The number of hydrogen-bond acceptors (Lipinski definition) is 3. The van der Waals surface area contributed by atoms with E-state index in [9.17, 15) is 4.79 Å². The molecule has 1 aliphatic heterocycles. The predicted octanol–water partition coefficient (Wildman–Crippen LogP) is 1.15. The van der Waals surface area contributed by atoms with Crippen LogP contribution in [0.2, 0.25) is 0 Å². The minimum Gasteiger partial charge on any atom is -0.379 e. The van der Waals surface area contributed by atoms with Crippen LogP contribution in [0.3, 0.4) is 0 Å². The summed E-state index contributed by atoms with van der Waals surface area (Å²) in [6.45, 7) is 3.95. The molecule has 98 valence electrons. The van der Waals surface area contributed by atoms with Gasteiger partial charge in [0.2, 0.25) is 5.91 Å². The number of rotatable bonds is 5. The van der Waals surface area contributed by atoms with Crippen molar-refractivity contribution in [1.29, 1.82) is 0 Å². The highest BCUT2D eigenvalue weighted by Crippen LogP contribution is 2.29. The Morgan fingerprint density at radius 2 is 2.24 bits per heavy atom. The van der Waals surface area contributed by atoms with Crippen LogP contribution < -0.4 is 5.32 Å². The third-order valence-corrected chi connectivity index (χ3v) is 4.00. The van der Waals surface area contributed by atoms with Gasteiger partial charge in [-0.25, -0.2) is 0 Å². The summed E-state index contributed by atoms with van der Waals surface area (Å²) in [7, 11) is 1.76. The summed E-state index contributed by atoms with van der Waals surface area (Å²) in [6.07, 6.45) is 5.66. The topological polar surface area (TPSA) is 41.6 Å². The van der Waals surface area contributed by atoms with E-state index in [0.29, 0.717) is 6.04 Å². The normalized spacial score (nSPS) is 33.6. The maximum absolute atomic E-state index is 12.3. The van der Waals surface area contributed by atoms with Crippen LogP contribution in [-0.2, 0) is 9.53 Å². The Hall–Kier alpha value is -0.610. The Balaban J connectivity index is 1.92. The maximum atomic E-state index is 12.3. The summed E-state index contributed by atoms with van der Waals surface area (Å²) in [4.78, 5) is 14.3. The number of ether oxygens (including phenoxy) is 1. The molecule has 4 nitrogen and oxygen atoms in total. The van der Waals surface area contributed by atoms with E-state index >= 15 is 0 Å². The van der Waals surface area contributed by atoms with E-state index in [1.165, 1.54) is 6.42 Å². The molecule has 0 bridgehead atoms. The maximum Gasteiger partial charge on any atom is 0.240 e. The molecule has 17 heavy (non-hydrogen) atoms. The van der Waals surface area contributed by atoms with Gasteiger partial charge in [0.15, 0.2) is 0 Å². The minimum atomic E-state index is 0.0491. The zero-order chi connectivity index (χ0) is 12.3. The van der Waals surface area contributed by atoms with Crippen LogP contribution in [0.4, 0.5) is 0 Å². The molecule has 2 fully saturated rings. The fourth-order valence-electron chi connectivity index (χ4n) is 3.08. The molecule has 0 spiro atoms. The Labute approximate surface area is 104 Å². The summed E-state index contributed by atoms with van der Waals surface area (Å²) < 4.78 is 5.49. The molecule has 3 unspecified atom stereocenters. The van der Waals surface area contributed by atoms with Crippen molar-refractivity contribution in [2.75, 3.05) is 20.2 Å². The largest absolute Gasteiger partial charge is 0.379 e. The van der Waals surface area contributed by atoms with E-state index in [1.807, 2.05) is 0 Å². The molecular weight excluding hydrogens is 216 g/mol. The van der Waals surface area contributed by atoms with Crippen molar-refractivity contribution in [2.45, 2.75) is 57.2 Å². The van der Waals surface area contributed by atoms with Gasteiger partial charge in [-0.2, -0.15) is 0 Å². The lowest BCUT2D eigenvalue weighted by Crippen LogP contribution is -2.46. The standard InChI is InChI=1S/C13H24N2O2/c1-3-8-14-10-7-9-15(13(10)16)11-5-4-6-12(11)17-2/h10-12,14H,3-9H2,1-2H3. The number of likely N-dealkylation sites (tertiary alicyclic amines) is 1. The lowest BCUT2D eigenvalue weighted by Gasteiger charge is -2.29. The highest BCUT2D eigenvalue weighted by Gasteiger charge is 2.40. The summed E-state index contributed by atoms with van der Waals surface area (Å²) in [5.74, 6) is 0.285. The van der Waals surface area contributed by atoms with Crippen LogP contribution in [0.5, 0.6) is 0 Å². The number of amides is 1. The summed E-state index contributed by atoms with van der Waals surface area (Å²) in [6, 6.07) is 0.369. The summed E-state index contributed by atoms with van der Waals surface area (Å²) in [5, 5.41) is 3.34. The molecule has 0 aromatic heterocycles. The smallest absolute Gasteiger partial charge is 0.240 e. The Kier molecular flexibility index (Phi) is 4.40. The van der Waals surface area contributed by atoms with Gasteiger partial charge < -0.3 is 15.0 Å². The van der Waals surface area contributed by atoms with Gasteiger partial charge in [-0.05, 0) is 38.6 Å². The van der Waals surface area contributed by atoms with Crippen molar-refractivity contribution in [1.82, 2.24) is 10.2 Å². The van der Waals surface area contributed by atoms with Crippen LogP contribution in [-0.4, -0.2) is 49.2 Å². The molecule has 0 radical (unpaired) electrons. The molecular formula is C13H24N2O2. The molecule has 2 rings (SSSR count). The molecule has 3 atom stereocenters. The van der Waals surface area contributed by atoms with Gasteiger partial charge in [-0.3, -0.25) is 4.79 Å². The van der Waals surface area contributed by atoms with Crippen molar-refractivity contribution < 1.29 is 9.53 Å². The average molecular weight is 240 g/mol. The Bertz CT molecular complexity index is 270. The van der Waals surface area contributed by atoms with E-state index in [1.54, 1.807) is 7.11 Å². The van der Waals surface area contributed by atoms with Gasteiger partial charge in [0.1, 0.15) is 0 Å². The average Bonchev–Trinajstić information content (AvgIpc) is 2.93. The molecule has 1 saturated carbocycles. The van der Waals surface area contributed by atoms with Crippen molar-refractivity contribution in [2.24, 2.45) is 0 Å². The third-order valence-electron chi connectivity index (χ3n) is 4.00. The quantitative estimate of drug-likeness (QED) is 0.784. The lowest BCUT2D eigenvalue weighted by atomic mass is 10.2. The van der Waals surface area contributed by atoms with Gasteiger partial charge in [0.05, 0.1) is 18.2 Å². The van der Waals surface area contributed by atoms with Crippen LogP contribution in [0.1, 0.15) is 39.0 Å². The van der Waals surface area contributed by atoms with Gasteiger partial charge in [-0.1, -0.05) is 6.92 Å². The summed E-state index contributed by atoms with van der Waals surface area (Å²) >= 11 is 0. The van der Waals surface area contributed by atoms with E-state index in [0.717, 1.165) is 38.8 Å². The molecule has 1 aliphatic carbocycles.